The molecule has 0 saturated carbocycles. The maximum absolute atomic E-state index is 11.9. The fourth-order valence-electron chi connectivity index (χ4n) is 2.46. The molecule has 110 valence electrons. The number of H-pyrrole nitrogens is 2. The summed E-state index contributed by atoms with van der Waals surface area (Å²) in [5.41, 5.74) is 1.49. The lowest BCUT2D eigenvalue weighted by Gasteiger charge is -1.99. The number of fused-ring (bicyclic) bond motifs is 1. The summed E-state index contributed by atoms with van der Waals surface area (Å²) >= 11 is 0. The van der Waals surface area contributed by atoms with Crippen LogP contribution in [0.3, 0.4) is 0 Å². The smallest absolute Gasteiger partial charge is 0.330 e. The minimum atomic E-state index is -0.458. The predicted molar refractivity (Wildman–Crippen MR) is 78.2 cm³/mol. The lowest BCUT2D eigenvalue weighted by molar-refractivity contribution is 0.720. The van der Waals surface area contributed by atoms with Crippen LogP contribution in [0.5, 0.6) is 0 Å². The van der Waals surface area contributed by atoms with E-state index in [1.807, 2.05) is 27.1 Å². The number of aromatic nitrogens is 6. The van der Waals surface area contributed by atoms with E-state index in [9.17, 15) is 9.59 Å². The van der Waals surface area contributed by atoms with Crippen molar-refractivity contribution >= 4 is 11.2 Å². The van der Waals surface area contributed by atoms with Crippen molar-refractivity contribution < 1.29 is 0 Å². The summed E-state index contributed by atoms with van der Waals surface area (Å²) < 4.78 is 3.14. The van der Waals surface area contributed by atoms with Gasteiger partial charge in [0.1, 0.15) is 11.3 Å². The number of aromatic amines is 2. The number of aryl methyl sites for hydroxylation is 3. The Labute approximate surface area is 119 Å². The molecule has 0 aliphatic heterocycles. The van der Waals surface area contributed by atoms with Gasteiger partial charge in [-0.2, -0.15) is 5.10 Å². The second kappa shape index (κ2) is 4.72. The van der Waals surface area contributed by atoms with E-state index in [0.29, 0.717) is 23.5 Å². The van der Waals surface area contributed by atoms with Gasteiger partial charge in [0.25, 0.3) is 5.56 Å². The van der Waals surface area contributed by atoms with Gasteiger partial charge in [-0.15, -0.1) is 0 Å². The molecule has 8 nitrogen and oxygen atoms in total. The van der Waals surface area contributed by atoms with Crippen LogP contribution in [-0.2, 0) is 20.0 Å². The summed E-state index contributed by atoms with van der Waals surface area (Å²) in [4.78, 5) is 33.4. The van der Waals surface area contributed by atoms with E-state index in [-0.39, 0.29) is 0 Å². The van der Waals surface area contributed by atoms with Gasteiger partial charge in [0.05, 0.1) is 11.3 Å². The molecular formula is C13H16N6O2. The number of hydrogen-bond acceptors (Lipinski definition) is 4. The van der Waals surface area contributed by atoms with Crippen LogP contribution in [0.15, 0.2) is 15.8 Å². The minimum absolute atomic E-state index is 0.303. The average molecular weight is 288 g/mol. The number of nitrogens with one attached hydrogen (secondary N) is 2. The molecule has 0 fully saturated rings. The summed E-state index contributed by atoms with van der Waals surface area (Å²) in [5.74, 6) is 0.549. The van der Waals surface area contributed by atoms with E-state index < -0.39 is 11.2 Å². The first-order valence-electron chi connectivity index (χ1n) is 6.80. The van der Waals surface area contributed by atoms with Crippen LogP contribution >= 0.6 is 0 Å². The molecule has 0 atom stereocenters. The maximum Gasteiger partial charge on any atom is 0.330 e. The van der Waals surface area contributed by atoms with Crippen LogP contribution in [0.4, 0.5) is 0 Å². The Morgan fingerprint density at radius 1 is 1.24 bits per heavy atom. The van der Waals surface area contributed by atoms with E-state index in [4.69, 9.17) is 0 Å². The topological polar surface area (TPSA) is 101 Å². The van der Waals surface area contributed by atoms with Gasteiger partial charge in [-0.3, -0.25) is 19.0 Å². The molecular weight excluding hydrogens is 272 g/mol. The molecule has 0 aliphatic rings. The maximum atomic E-state index is 11.9. The van der Waals surface area contributed by atoms with Crippen molar-refractivity contribution in [3.05, 3.63) is 32.7 Å². The number of nitrogens with zero attached hydrogens (tertiary/aromatic N) is 4. The van der Waals surface area contributed by atoms with Crippen LogP contribution in [-0.4, -0.2) is 29.3 Å². The van der Waals surface area contributed by atoms with Crippen molar-refractivity contribution in [3.8, 4) is 11.4 Å². The number of hydrogen-bond donors (Lipinski definition) is 2. The summed E-state index contributed by atoms with van der Waals surface area (Å²) in [6, 6.07) is 0. The minimum Gasteiger partial charge on any atom is -0.332 e. The molecule has 21 heavy (non-hydrogen) atoms. The quantitative estimate of drug-likeness (QED) is 0.728. The highest BCUT2D eigenvalue weighted by Crippen LogP contribution is 2.21. The molecule has 0 aliphatic carbocycles. The summed E-state index contributed by atoms with van der Waals surface area (Å²) in [6.07, 6.45) is 2.60. The zero-order valence-corrected chi connectivity index (χ0v) is 12.1. The Morgan fingerprint density at radius 2 is 2.00 bits per heavy atom. The van der Waals surface area contributed by atoms with E-state index in [1.54, 1.807) is 4.68 Å². The van der Waals surface area contributed by atoms with Gasteiger partial charge in [-0.05, 0) is 13.3 Å². The third-order valence-electron chi connectivity index (χ3n) is 3.44. The van der Waals surface area contributed by atoms with E-state index in [1.165, 1.54) is 4.57 Å². The Hall–Kier alpha value is -2.64. The second-order valence-corrected chi connectivity index (χ2v) is 4.80. The first-order chi connectivity index (χ1) is 10.0. The zero-order chi connectivity index (χ0) is 15.1. The standard InChI is InChI=1S/C13H16N6O2/c1-4-8-7(6-18(3)17-8)10-14-9-11(15-10)19(5-2)13(21)16-12(9)20/h6H,4-5H2,1-3H3,(H,14,15)(H,16,20,21). The average Bonchev–Trinajstić information content (AvgIpc) is 3.02. The van der Waals surface area contributed by atoms with Crippen LogP contribution in [0.25, 0.3) is 22.6 Å². The molecule has 0 radical (unpaired) electrons. The molecule has 0 saturated heterocycles. The first kappa shape index (κ1) is 13.3. The molecule has 3 aromatic rings. The van der Waals surface area contributed by atoms with Crippen molar-refractivity contribution in [2.45, 2.75) is 26.8 Å². The molecule has 8 heteroatoms. The van der Waals surface area contributed by atoms with Gasteiger partial charge in [0.15, 0.2) is 5.65 Å². The molecule has 3 rings (SSSR count). The summed E-state index contributed by atoms with van der Waals surface area (Å²) in [5, 5.41) is 4.36. The Morgan fingerprint density at radius 3 is 2.67 bits per heavy atom. The third kappa shape index (κ3) is 1.99. The van der Waals surface area contributed by atoms with E-state index in [0.717, 1.165) is 17.7 Å². The molecule has 0 spiro atoms. The van der Waals surface area contributed by atoms with Gasteiger partial charge in [-0.1, -0.05) is 6.92 Å². The molecule has 0 bridgehead atoms. The van der Waals surface area contributed by atoms with Gasteiger partial charge in [0.2, 0.25) is 0 Å². The molecule has 3 aromatic heterocycles. The summed E-state index contributed by atoms with van der Waals surface area (Å²) in [7, 11) is 1.83. The lowest BCUT2D eigenvalue weighted by Crippen LogP contribution is -2.29. The fourth-order valence-corrected chi connectivity index (χ4v) is 2.46. The van der Waals surface area contributed by atoms with Crippen LogP contribution in [0, 0.1) is 0 Å². The zero-order valence-electron chi connectivity index (χ0n) is 12.1. The van der Waals surface area contributed by atoms with Crippen molar-refractivity contribution in [3.63, 3.8) is 0 Å². The van der Waals surface area contributed by atoms with Crippen molar-refractivity contribution in [2.24, 2.45) is 7.05 Å². The number of rotatable bonds is 3. The van der Waals surface area contributed by atoms with Gasteiger partial charge in [-0.25, -0.2) is 9.78 Å². The SMILES string of the molecule is CCc1nn(C)cc1-c1nc2c([nH]1)c(=O)[nH]c(=O)n2CC. The predicted octanol–water partition coefficient (Wildman–Crippen LogP) is 0.396. The summed E-state index contributed by atoms with van der Waals surface area (Å²) in [6.45, 7) is 4.27. The van der Waals surface area contributed by atoms with E-state index >= 15 is 0 Å². The molecule has 3 heterocycles. The molecule has 0 amide bonds. The van der Waals surface area contributed by atoms with Crippen molar-refractivity contribution in [1.82, 2.24) is 29.3 Å². The normalized spacial score (nSPS) is 11.4. The first-order valence-corrected chi connectivity index (χ1v) is 6.80. The fraction of sp³-hybridized carbons (Fsp3) is 0.385. The van der Waals surface area contributed by atoms with Crippen LogP contribution in [0.2, 0.25) is 0 Å². The Kier molecular flexibility index (Phi) is 3.00. The Bertz CT molecular complexity index is 926. The highest BCUT2D eigenvalue weighted by Gasteiger charge is 2.16. The van der Waals surface area contributed by atoms with Crippen molar-refractivity contribution in [1.29, 1.82) is 0 Å². The van der Waals surface area contributed by atoms with Gasteiger partial charge >= 0.3 is 5.69 Å². The molecule has 0 unspecified atom stereocenters. The van der Waals surface area contributed by atoms with Crippen molar-refractivity contribution in [2.75, 3.05) is 0 Å². The van der Waals surface area contributed by atoms with Crippen LogP contribution < -0.4 is 11.2 Å². The Balaban J connectivity index is 2.33. The largest absolute Gasteiger partial charge is 0.332 e. The number of imidazole rings is 1. The molecule has 2 N–H and O–H groups in total. The monoisotopic (exact) mass is 288 g/mol. The lowest BCUT2D eigenvalue weighted by atomic mass is 10.2. The third-order valence-corrected chi connectivity index (χ3v) is 3.44. The van der Waals surface area contributed by atoms with E-state index in [2.05, 4.69) is 20.1 Å². The molecule has 0 aromatic carbocycles. The highest BCUT2D eigenvalue weighted by molar-refractivity contribution is 5.75. The van der Waals surface area contributed by atoms with Crippen LogP contribution in [0.1, 0.15) is 19.5 Å². The van der Waals surface area contributed by atoms with Gasteiger partial charge in [0, 0.05) is 19.8 Å². The highest BCUT2D eigenvalue weighted by atomic mass is 16.2. The van der Waals surface area contributed by atoms with Gasteiger partial charge < -0.3 is 4.98 Å². The second-order valence-electron chi connectivity index (χ2n) is 4.80.